The van der Waals surface area contributed by atoms with Crippen LogP contribution in [0.2, 0.25) is 0 Å². The van der Waals surface area contributed by atoms with E-state index in [0.29, 0.717) is 11.4 Å². The Morgan fingerprint density at radius 2 is 2.16 bits per heavy atom. The molecule has 1 N–H and O–H groups in total. The van der Waals surface area contributed by atoms with Crippen LogP contribution >= 0.6 is 0 Å². The fourth-order valence-corrected chi connectivity index (χ4v) is 3.43. The molecule has 0 spiro atoms. The van der Waals surface area contributed by atoms with E-state index in [2.05, 4.69) is 20.5 Å². The van der Waals surface area contributed by atoms with Crippen LogP contribution in [0.3, 0.4) is 0 Å². The van der Waals surface area contributed by atoms with E-state index in [4.69, 9.17) is 0 Å². The molecule has 128 valence electrons. The molecule has 3 aromatic rings. The van der Waals surface area contributed by atoms with Gasteiger partial charge in [-0.2, -0.15) is 10.2 Å². The average molecular weight is 336 g/mol. The Labute approximate surface area is 145 Å². The van der Waals surface area contributed by atoms with Gasteiger partial charge in [0.05, 0.1) is 29.7 Å². The number of hydrogen-bond donors (Lipinski definition) is 1. The summed E-state index contributed by atoms with van der Waals surface area (Å²) < 4.78 is 3.59. The standard InChI is InChI=1S/C18H20N6O/c1-12-13(10-21-24(12)17-8-3-4-9-19-17)18(25)22-15-6-5-7-16-14(15)11-20-23(16)2/h3-4,8-11,15H,5-7H2,1-2H3,(H,22,25)/t15-/m0/s1. The van der Waals surface area contributed by atoms with Crippen molar-refractivity contribution in [1.82, 2.24) is 29.9 Å². The van der Waals surface area contributed by atoms with Gasteiger partial charge in [0, 0.05) is 24.5 Å². The second-order valence-electron chi connectivity index (χ2n) is 6.33. The van der Waals surface area contributed by atoms with Gasteiger partial charge in [0.25, 0.3) is 5.91 Å². The second kappa shape index (κ2) is 6.16. The molecule has 0 aromatic carbocycles. The summed E-state index contributed by atoms with van der Waals surface area (Å²) in [6.45, 7) is 1.88. The third kappa shape index (κ3) is 2.71. The molecule has 0 radical (unpaired) electrons. The third-order valence-electron chi connectivity index (χ3n) is 4.80. The van der Waals surface area contributed by atoms with Crippen LogP contribution in [0, 0.1) is 6.92 Å². The van der Waals surface area contributed by atoms with Gasteiger partial charge in [0.2, 0.25) is 0 Å². The normalized spacial score (nSPS) is 16.5. The number of aromatic nitrogens is 5. The smallest absolute Gasteiger partial charge is 0.255 e. The summed E-state index contributed by atoms with van der Waals surface area (Å²) in [4.78, 5) is 17.1. The van der Waals surface area contributed by atoms with E-state index in [1.807, 2.05) is 43.0 Å². The molecule has 25 heavy (non-hydrogen) atoms. The molecule has 1 aliphatic rings. The van der Waals surface area contributed by atoms with Crippen LogP contribution in [-0.2, 0) is 13.5 Å². The summed E-state index contributed by atoms with van der Waals surface area (Å²) in [5.41, 5.74) is 3.68. The lowest BCUT2D eigenvalue weighted by atomic mass is 9.93. The van der Waals surface area contributed by atoms with Crippen LogP contribution in [0.5, 0.6) is 0 Å². The Hall–Kier alpha value is -2.96. The van der Waals surface area contributed by atoms with Crippen molar-refractivity contribution in [2.45, 2.75) is 32.2 Å². The summed E-state index contributed by atoms with van der Waals surface area (Å²) in [6, 6.07) is 5.62. The summed E-state index contributed by atoms with van der Waals surface area (Å²) in [6.07, 6.45) is 8.16. The van der Waals surface area contributed by atoms with E-state index < -0.39 is 0 Å². The molecular weight excluding hydrogens is 316 g/mol. The number of aryl methyl sites for hydroxylation is 1. The molecule has 7 nitrogen and oxygen atoms in total. The molecule has 1 atom stereocenters. The molecular formula is C18H20N6O. The van der Waals surface area contributed by atoms with Crippen molar-refractivity contribution in [2.24, 2.45) is 7.05 Å². The maximum Gasteiger partial charge on any atom is 0.255 e. The number of carbonyl (C=O) groups is 1. The Balaban J connectivity index is 1.58. The molecule has 1 aliphatic carbocycles. The van der Waals surface area contributed by atoms with Gasteiger partial charge in [-0.05, 0) is 38.3 Å². The van der Waals surface area contributed by atoms with E-state index in [-0.39, 0.29) is 11.9 Å². The SMILES string of the molecule is Cc1c(C(=O)N[C@H]2CCCc3c2cnn3C)cnn1-c1ccccn1. The number of hydrogen-bond acceptors (Lipinski definition) is 4. The van der Waals surface area contributed by atoms with Crippen LogP contribution in [0.25, 0.3) is 5.82 Å². The molecule has 4 rings (SSSR count). The first-order valence-electron chi connectivity index (χ1n) is 8.43. The summed E-state index contributed by atoms with van der Waals surface area (Å²) in [5, 5.41) is 11.8. The van der Waals surface area contributed by atoms with Crippen LogP contribution in [0.1, 0.15) is 46.2 Å². The molecule has 0 bridgehead atoms. The van der Waals surface area contributed by atoms with Gasteiger partial charge in [-0.15, -0.1) is 0 Å². The fourth-order valence-electron chi connectivity index (χ4n) is 3.43. The predicted octanol–water partition coefficient (Wildman–Crippen LogP) is 2.12. The lowest BCUT2D eigenvalue weighted by Crippen LogP contribution is -2.31. The Bertz CT molecular complexity index is 911. The van der Waals surface area contributed by atoms with Gasteiger partial charge in [-0.25, -0.2) is 9.67 Å². The Morgan fingerprint density at radius 1 is 1.28 bits per heavy atom. The fraction of sp³-hybridized carbons (Fsp3) is 0.333. The van der Waals surface area contributed by atoms with E-state index in [0.717, 1.165) is 30.5 Å². The minimum absolute atomic E-state index is 0.00236. The van der Waals surface area contributed by atoms with E-state index in [1.54, 1.807) is 17.1 Å². The number of nitrogens with zero attached hydrogens (tertiary/aromatic N) is 5. The van der Waals surface area contributed by atoms with Crippen LogP contribution in [0.15, 0.2) is 36.8 Å². The molecule has 1 amide bonds. The van der Waals surface area contributed by atoms with Crippen molar-refractivity contribution in [3.8, 4) is 5.82 Å². The number of nitrogens with one attached hydrogen (secondary N) is 1. The summed E-state index contributed by atoms with van der Waals surface area (Å²) in [7, 11) is 1.95. The summed E-state index contributed by atoms with van der Waals surface area (Å²) >= 11 is 0. The number of fused-ring (bicyclic) bond motifs is 1. The van der Waals surface area contributed by atoms with Crippen molar-refractivity contribution in [1.29, 1.82) is 0 Å². The molecule has 7 heteroatoms. The Morgan fingerprint density at radius 3 is 2.96 bits per heavy atom. The van der Waals surface area contributed by atoms with Crippen LogP contribution < -0.4 is 5.32 Å². The van der Waals surface area contributed by atoms with Gasteiger partial charge in [0.15, 0.2) is 5.82 Å². The zero-order chi connectivity index (χ0) is 17.4. The van der Waals surface area contributed by atoms with Gasteiger partial charge in [-0.3, -0.25) is 9.48 Å². The zero-order valence-electron chi connectivity index (χ0n) is 14.3. The zero-order valence-corrected chi connectivity index (χ0v) is 14.3. The van der Waals surface area contributed by atoms with E-state index >= 15 is 0 Å². The first kappa shape index (κ1) is 15.6. The second-order valence-corrected chi connectivity index (χ2v) is 6.33. The number of pyridine rings is 1. The highest BCUT2D eigenvalue weighted by Crippen LogP contribution is 2.29. The van der Waals surface area contributed by atoms with Gasteiger partial charge in [0.1, 0.15) is 0 Å². The van der Waals surface area contributed by atoms with E-state index in [1.165, 1.54) is 5.69 Å². The van der Waals surface area contributed by atoms with Crippen LogP contribution in [0.4, 0.5) is 0 Å². The van der Waals surface area contributed by atoms with Crippen molar-refractivity contribution in [2.75, 3.05) is 0 Å². The Kier molecular flexibility index (Phi) is 3.83. The average Bonchev–Trinajstić information content (AvgIpc) is 3.20. The predicted molar refractivity (Wildman–Crippen MR) is 92.4 cm³/mol. The molecule has 3 aromatic heterocycles. The van der Waals surface area contributed by atoms with Crippen LogP contribution in [-0.4, -0.2) is 30.5 Å². The minimum Gasteiger partial charge on any atom is -0.345 e. The first-order chi connectivity index (χ1) is 12.1. The molecule has 0 fully saturated rings. The molecule has 0 unspecified atom stereocenters. The largest absolute Gasteiger partial charge is 0.345 e. The van der Waals surface area contributed by atoms with Crippen molar-refractivity contribution in [3.05, 3.63) is 59.3 Å². The van der Waals surface area contributed by atoms with Gasteiger partial charge >= 0.3 is 0 Å². The molecule has 0 saturated heterocycles. The molecule has 0 saturated carbocycles. The topological polar surface area (TPSA) is 77.6 Å². The van der Waals surface area contributed by atoms with E-state index in [9.17, 15) is 4.79 Å². The molecule has 3 heterocycles. The highest BCUT2D eigenvalue weighted by molar-refractivity contribution is 5.95. The number of amides is 1. The number of rotatable bonds is 3. The first-order valence-corrected chi connectivity index (χ1v) is 8.43. The third-order valence-corrected chi connectivity index (χ3v) is 4.80. The van der Waals surface area contributed by atoms with Crippen molar-refractivity contribution in [3.63, 3.8) is 0 Å². The number of carbonyl (C=O) groups excluding carboxylic acids is 1. The van der Waals surface area contributed by atoms with Crippen molar-refractivity contribution >= 4 is 5.91 Å². The highest BCUT2D eigenvalue weighted by Gasteiger charge is 2.26. The molecule has 0 aliphatic heterocycles. The quantitative estimate of drug-likeness (QED) is 0.795. The van der Waals surface area contributed by atoms with Gasteiger partial charge < -0.3 is 5.32 Å². The van der Waals surface area contributed by atoms with Gasteiger partial charge in [-0.1, -0.05) is 6.07 Å². The highest BCUT2D eigenvalue weighted by atomic mass is 16.1. The minimum atomic E-state index is -0.110. The lowest BCUT2D eigenvalue weighted by Gasteiger charge is -2.23. The maximum atomic E-state index is 12.8. The monoisotopic (exact) mass is 336 g/mol. The lowest BCUT2D eigenvalue weighted by molar-refractivity contribution is 0.0932. The maximum absolute atomic E-state index is 12.8. The summed E-state index contributed by atoms with van der Waals surface area (Å²) in [5.74, 6) is 0.590. The van der Waals surface area contributed by atoms with Crippen molar-refractivity contribution < 1.29 is 4.79 Å².